The molecule has 0 saturated carbocycles. The Morgan fingerprint density at radius 3 is 2.94 bits per heavy atom. The Kier molecular flexibility index (Phi) is 5.02. The fourth-order valence-electron chi connectivity index (χ4n) is 4.42. The lowest BCUT2D eigenvalue weighted by molar-refractivity contribution is 0.104. The number of imidazole rings is 1. The smallest absolute Gasteiger partial charge is 0.205 e. The summed E-state index contributed by atoms with van der Waals surface area (Å²) in [6, 6.07) is 10.6. The zero-order chi connectivity index (χ0) is 21.4. The van der Waals surface area contributed by atoms with Gasteiger partial charge in [0.1, 0.15) is 17.3 Å². The van der Waals surface area contributed by atoms with Gasteiger partial charge in [0.25, 0.3) is 0 Å². The van der Waals surface area contributed by atoms with Gasteiger partial charge in [-0.15, -0.1) is 5.10 Å². The maximum Gasteiger partial charge on any atom is 0.205 e. The molecule has 0 radical (unpaired) electrons. The maximum absolute atomic E-state index is 13.8. The average Bonchev–Trinajstić information content (AvgIpc) is 3.51. The van der Waals surface area contributed by atoms with Crippen molar-refractivity contribution in [2.75, 3.05) is 25.0 Å². The summed E-state index contributed by atoms with van der Waals surface area (Å²) in [6.45, 7) is 1.80. The second-order valence-corrected chi connectivity index (χ2v) is 8.05. The van der Waals surface area contributed by atoms with Gasteiger partial charge in [-0.05, 0) is 61.2 Å². The minimum atomic E-state index is -0.231. The number of benzene rings is 1. The van der Waals surface area contributed by atoms with E-state index in [9.17, 15) is 9.18 Å². The number of ketones is 1. The van der Waals surface area contributed by atoms with Crippen LogP contribution in [-0.4, -0.2) is 45.4 Å². The summed E-state index contributed by atoms with van der Waals surface area (Å²) in [7, 11) is 2.01. The molecular formula is C24H24FN5O. The minimum Gasteiger partial charge on any atom is -0.375 e. The quantitative estimate of drug-likeness (QED) is 0.461. The van der Waals surface area contributed by atoms with Gasteiger partial charge < -0.3 is 9.80 Å². The number of hydrogen-bond acceptors (Lipinski definition) is 5. The van der Waals surface area contributed by atoms with Crippen LogP contribution < -0.4 is 4.90 Å². The average molecular weight is 417 g/mol. The van der Waals surface area contributed by atoms with Gasteiger partial charge in [0.05, 0.1) is 12.2 Å². The monoisotopic (exact) mass is 417 g/mol. The Hall–Kier alpha value is -3.48. The van der Waals surface area contributed by atoms with E-state index in [0.717, 1.165) is 49.4 Å². The molecule has 5 rings (SSSR count). The van der Waals surface area contributed by atoms with Crippen molar-refractivity contribution in [2.24, 2.45) is 0 Å². The summed E-state index contributed by atoms with van der Waals surface area (Å²) in [6.07, 6.45) is 10.0. The van der Waals surface area contributed by atoms with Gasteiger partial charge in [-0.25, -0.2) is 13.9 Å². The number of rotatable bonds is 5. The maximum atomic E-state index is 13.8. The molecule has 1 aromatic carbocycles. The normalized spacial score (nSPS) is 19.0. The lowest BCUT2D eigenvalue weighted by Gasteiger charge is -2.26. The number of nitrogens with zero attached hydrogens (tertiary/aromatic N) is 5. The van der Waals surface area contributed by atoms with Crippen LogP contribution in [0.3, 0.4) is 0 Å². The van der Waals surface area contributed by atoms with Gasteiger partial charge in [0.2, 0.25) is 5.78 Å². The molecule has 3 aromatic rings. The number of fused-ring (bicyclic) bond motifs is 1. The molecule has 1 atom stereocenters. The highest BCUT2D eigenvalue weighted by Gasteiger charge is 2.28. The van der Waals surface area contributed by atoms with Crippen molar-refractivity contribution in [1.82, 2.24) is 19.5 Å². The van der Waals surface area contributed by atoms with Crippen LogP contribution in [0, 0.1) is 5.82 Å². The Morgan fingerprint density at radius 2 is 2.13 bits per heavy atom. The lowest BCUT2D eigenvalue weighted by Crippen LogP contribution is -2.24. The molecule has 0 N–H and O–H groups in total. The number of likely N-dealkylation sites (N-methyl/N-ethyl adjacent to an activating group) is 1. The zero-order valence-corrected chi connectivity index (χ0v) is 17.4. The van der Waals surface area contributed by atoms with Gasteiger partial charge in [-0.1, -0.05) is 18.2 Å². The Morgan fingerprint density at radius 1 is 1.23 bits per heavy atom. The molecule has 2 aliphatic rings. The summed E-state index contributed by atoms with van der Waals surface area (Å²) in [5, 5.41) is 4.74. The number of aromatic nitrogens is 3. The van der Waals surface area contributed by atoms with Crippen LogP contribution in [0.5, 0.6) is 0 Å². The van der Waals surface area contributed by atoms with E-state index >= 15 is 0 Å². The molecule has 0 amide bonds. The first-order valence-corrected chi connectivity index (χ1v) is 10.6. The molecule has 31 heavy (non-hydrogen) atoms. The van der Waals surface area contributed by atoms with Crippen molar-refractivity contribution in [3.63, 3.8) is 0 Å². The molecule has 0 aliphatic carbocycles. The molecule has 1 saturated heterocycles. The Bertz CT molecular complexity index is 1200. The third kappa shape index (κ3) is 3.71. The van der Waals surface area contributed by atoms with E-state index in [-0.39, 0.29) is 17.6 Å². The van der Waals surface area contributed by atoms with E-state index < -0.39 is 0 Å². The van der Waals surface area contributed by atoms with Crippen molar-refractivity contribution < 1.29 is 9.18 Å². The van der Waals surface area contributed by atoms with Crippen LogP contribution in [0.25, 0.3) is 5.65 Å². The summed E-state index contributed by atoms with van der Waals surface area (Å²) < 4.78 is 15.4. The van der Waals surface area contributed by atoms with Crippen molar-refractivity contribution >= 4 is 17.2 Å². The highest BCUT2D eigenvalue weighted by Crippen LogP contribution is 2.35. The van der Waals surface area contributed by atoms with Gasteiger partial charge >= 0.3 is 0 Å². The third-order valence-corrected chi connectivity index (χ3v) is 6.05. The van der Waals surface area contributed by atoms with Crippen molar-refractivity contribution in [3.05, 3.63) is 83.6 Å². The summed E-state index contributed by atoms with van der Waals surface area (Å²) in [4.78, 5) is 21.5. The second-order valence-electron chi connectivity index (χ2n) is 8.05. The number of carbonyl (C=O) groups excluding carboxylic acids is 1. The van der Waals surface area contributed by atoms with Gasteiger partial charge in [-0.2, -0.15) is 0 Å². The SMILES string of the molecule is CN1CCC=C1/C=C/C(=O)c1cnc2ccc(N3CCC[C@@H]3c3cccc(F)c3)nn12. The van der Waals surface area contributed by atoms with E-state index in [1.54, 1.807) is 28.9 Å². The zero-order valence-electron chi connectivity index (χ0n) is 17.4. The molecular weight excluding hydrogens is 393 g/mol. The lowest BCUT2D eigenvalue weighted by atomic mass is 10.0. The summed E-state index contributed by atoms with van der Waals surface area (Å²) in [5.41, 5.74) is 3.04. The van der Waals surface area contributed by atoms with E-state index in [0.29, 0.717) is 11.3 Å². The highest BCUT2D eigenvalue weighted by molar-refractivity contribution is 6.03. The standard InChI is InChI=1S/C24H24FN5O/c1-28-13-3-7-19(28)9-10-22(31)21-16-26-23-11-12-24(27-30(21)23)29-14-4-8-20(29)17-5-2-6-18(25)15-17/h2,5-7,9-12,15-16,20H,3-4,8,13-14H2,1H3/b10-9+/t20-/m1/s1. The van der Waals surface area contributed by atoms with E-state index in [2.05, 4.69) is 20.9 Å². The molecule has 0 bridgehead atoms. The van der Waals surface area contributed by atoms with Crippen LogP contribution in [0.4, 0.5) is 10.2 Å². The molecule has 7 heteroatoms. The van der Waals surface area contributed by atoms with Crippen molar-refractivity contribution in [2.45, 2.75) is 25.3 Å². The Labute approximate surface area is 180 Å². The topological polar surface area (TPSA) is 53.7 Å². The fraction of sp³-hybridized carbons (Fsp3) is 0.292. The van der Waals surface area contributed by atoms with Crippen molar-refractivity contribution in [3.8, 4) is 0 Å². The first-order chi connectivity index (χ1) is 15.1. The first kappa shape index (κ1) is 19.5. The molecule has 2 aliphatic heterocycles. The second kappa shape index (κ2) is 7.98. The first-order valence-electron chi connectivity index (χ1n) is 10.6. The summed E-state index contributed by atoms with van der Waals surface area (Å²) >= 11 is 0. The molecule has 1 fully saturated rings. The molecule has 0 spiro atoms. The van der Waals surface area contributed by atoms with Crippen LogP contribution >= 0.6 is 0 Å². The number of anilines is 1. The number of halogens is 1. The van der Waals surface area contributed by atoms with Crippen LogP contribution in [-0.2, 0) is 0 Å². The van der Waals surface area contributed by atoms with E-state index in [1.807, 2.05) is 31.3 Å². The van der Waals surface area contributed by atoms with Crippen LogP contribution in [0.2, 0.25) is 0 Å². The Balaban J connectivity index is 1.45. The van der Waals surface area contributed by atoms with E-state index in [1.165, 1.54) is 6.07 Å². The van der Waals surface area contributed by atoms with Crippen LogP contribution in [0.15, 0.2) is 66.5 Å². The van der Waals surface area contributed by atoms with Crippen molar-refractivity contribution in [1.29, 1.82) is 0 Å². The largest absolute Gasteiger partial charge is 0.375 e. The van der Waals surface area contributed by atoms with Gasteiger partial charge in [-0.3, -0.25) is 4.79 Å². The highest BCUT2D eigenvalue weighted by atomic mass is 19.1. The van der Waals surface area contributed by atoms with Gasteiger partial charge in [0, 0.05) is 25.8 Å². The molecule has 6 nitrogen and oxygen atoms in total. The molecule has 0 unspecified atom stereocenters. The van der Waals surface area contributed by atoms with Crippen LogP contribution in [0.1, 0.15) is 41.4 Å². The van der Waals surface area contributed by atoms with E-state index in [4.69, 9.17) is 5.10 Å². The number of allylic oxidation sites excluding steroid dienone is 2. The predicted octanol–water partition coefficient (Wildman–Crippen LogP) is 4.17. The molecule has 158 valence electrons. The summed E-state index contributed by atoms with van der Waals surface area (Å²) in [5.74, 6) is 0.389. The molecule has 4 heterocycles. The number of hydrogen-bond donors (Lipinski definition) is 0. The van der Waals surface area contributed by atoms with Gasteiger partial charge in [0.15, 0.2) is 5.65 Å². The minimum absolute atomic E-state index is 0.0630. The predicted molar refractivity (Wildman–Crippen MR) is 118 cm³/mol. The molecule has 2 aromatic heterocycles. The number of carbonyl (C=O) groups is 1. The third-order valence-electron chi connectivity index (χ3n) is 6.05. The fourth-order valence-corrected chi connectivity index (χ4v) is 4.42.